The van der Waals surface area contributed by atoms with Crippen molar-refractivity contribution >= 4 is 17.2 Å². The highest BCUT2D eigenvalue weighted by Gasteiger charge is 2.16. The SMILES string of the molecule is COCCOCCOc1c(C(N)=S)c(C)nn1C. The topological polar surface area (TPSA) is 71.5 Å². The molecule has 0 saturated carbocycles. The van der Waals surface area contributed by atoms with E-state index < -0.39 is 0 Å². The number of nitrogens with zero attached hydrogens (tertiary/aromatic N) is 2. The Morgan fingerprint density at radius 3 is 2.61 bits per heavy atom. The van der Waals surface area contributed by atoms with E-state index in [1.54, 1.807) is 18.8 Å². The van der Waals surface area contributed by atoms with Crippen LogP contribution in [0.2, 0.25) is 0 Å². The summed E-state index contributed by atoms with van der Waals surface area (Å²) in [5.41, 5.74) is 7.10. The van der Waals surface area contributed by atoms with Crippen LogP contribution in [0.4, 0.5) is 0 Å². The summed E-state index contributed by atoms with van der Waals surface area (Å²) in [5.74, 6) is 0.579. The zero-order valence-electron chi connectivity index (χ0n) is 10.9. The number of aromatic nitrogens is 2. The lowest BCUT2D eigenvalue weighted by atomic mass is 10.2. The Morgan fingerprint density at radius 1 is 1.33 bits per heavy atom. The van der Waals surface area contributed by atoms with Crippen molar-refractivity contribution in [3.63, 3.8) is 0 Å². The van der Waals surface area contributed by atoms with Crippen LogP contribution < -0.4 is 10.5 Å². The Kier molecular flexibility index (Phi) is 6.03. The smallest absolute Gasteiger partial charge is 0.222 e. The van der Waals surface area contributed by atoms with E-state index in [1.807, 2.05) is 6.92 Å². The van der Waals surface area contributed by atoms with Gasteiger partial charge in [0.15, 0.2) is 0 Å². The Bertz CT molecular complexity index is 406. The van der Waals surface area contributed by atoms with Crippen molar-refractivity contribution < 1.29 is 14.2 Å². The van der Waals surface area contributed by atoms with Crippen molar-refractivity contribution in [2.75, 3.05) is 33.5 Å². The minimum atomic E-state index is 0.288. The maximum absolute atomic E-state index is 5.65. The van der Waals surface area contributed by atoms with Gasteiger partial charge < -0.3 is 19.9 Å². The second-order valence-corrected chi connectivity index (χ2v) is 4.15. The summed E-state index contributed by atoms with van der Waals surface area (Å²) in [7, 11) is 3.42. The maximum atomic E-state index is 5.65. The van der Waals surface area contributed by atoms with E-state index >= 15 is 0 Å². The summed E-state index contributed by atoms with van der Waals surface area (Å²) in [5, 5.41) is 4.22. The van der Waals surface area contributed by atoms with Crippen molar-refractivity contribution in [2.24, 2.45) is 12.8 Å². The molecule has 0 atom stereocenters. The quantitative estimate of drug-likeness (QED) is 0.546. The first kappa shape index (κ1) is 14.9. The van der Waals surface area contributed by atoms with Crippen LogP contribution in [0.3, 0.4) is 0 Å². The fourth-order valence-electron chi connectivity index (χ4n) is 1.53. The van der Waals surface area contributed by atoms with E-state index in [4.69, 9.17) is 32.2 Å². The predicted molar refractivity (Wildman–Crippen MR) is 72.0 cm³/mol. The zero-order valence-corrected chi connectivity index (χ0v) is 11.7. The number of aryl methyl sites for hydroxylation is 2. The third-order valence-electron chi connectivity index (χ3n) is 2.31. The van der Waals surface area contributed by atoms with Crippen LogP contribution in [0.15, 0.2) is 0 Å². The Labute approximate surface area is 112 Å². The molecule has 7 heteroatoms. The first-order valence-corrected chi connectivity index (χ1v) is 6.01. The molecule has 102 valence electrons. The second-order valence-electron chi connectivity index (χ2n) is 3.71. The first-order chi connectivity index (χ1) is 8.57. The Hall–Kier alpha value is -1.18. The van der Waals surface area contributed by atoms with Crippen LogP contribution in [0.5, 0.6) is 5.88 Å². The number of thiocarbonyl (C=S) groups is 1. The minimum absolute atomic E-state index is 0.288. The lowest BCUT2D eigenvalue weighted by Gasteiger charge is -2.08. The van der Waals surface area contributed by atoms with E-state index in [0.29, 0.717) is 37.9 Å². The average Bonchev–Trinajstić information content (AvgIpc) is 2.58. The number of rotatable bonds is 8. The second kappa shape index (κ2) is 7.30. The van der Waals surface area contributed by atoms with Gasteiger partial charge in [0.05, 0.1) is 31.1 Å². The standard InChI is InChI=1S/C11H19N3O3S/c1-8-9(10(12)18)11(14(2)13-8)17-7-6-16-5-4-15-3/h4-7H2,1-3H3,(H2,12,18). The molecule has 0 fully saturated rings. The third-order valence-corrected chi connectivity index (χ3v) is 2.52. The van der Waals surface area contributed by atoms with E-state index in [9.17, 15) is 0 Å². The van der Waals surface area contributed by atoms with Crippen molar-refractivity contribution in [1.82, 2.24) is 9.78 Å². The van der Waals surface area contributed by atoms with E-state index in [-0.39, 0.29) is 4.99 Å². The van der Waals surface area contributed by atoms with Gasteiger partial charge >= 0.3 is 0 Å². The van der Waals surface area contributed by atoms with Gasteiger partial charge in [-0.05, 0) is 6.92 Å². The van der Waals surface area contributed by atoms with Gasteiger partial charge in [-0.15, -0.1) is 0 Å². The third kappa shape index (κ3) is 3.94. The molecule has 0 aliphatic heterocycles. The summed E-state index contributed by atoms with van der Waals surface area (Å²) in [4.78, 5) is 0.288. The summed E-state index contributed by atoms with van der Waals surface area (Å²) < 4.78 is 17.4. The van der Waals surface area contributed by atoms with Crippen molar-refractivity contribution in [1.29, 1.82) is 0 Å². The van der Waals surface area contributed by atoms with Gasteiger partial charge in [0, 0.05) is 14.2 Å². The molecule has 6 nitrogen and oxygen atoms in total. The van der Waals surface area contributed by atoms with Gasteiger partial charge in [-0.1, -0.05) is 12.2 Å². The molecular formula is C11H19N3O3S. The first-order valence-electron chi connectivity index (χ1n) is 5.60. The monoisotopic (exact) mass is 273 g/mol. The number of hydrogen-bond acceptors (Lipinski definition) is 5. The molecule has 1 aromatic heterocycles. The van der Waals surface area contributed by atoms with Crippen LogP contribution >= 0.6 is 12.2 Å². The van der Waals surface area contributed by atoms with Gasteiger partial charge in [-0.3, -0.25) is 0 Å². The molecule has 0 saturated heterocycles. The van der Waals surface area contributed by atoms with Crippen molar-refractivity contribution in [3.05, 3.63) is 11.3 Å². The minimum Gasteiger partial charge on any atom is -0.475 e. The average molecular weight is 273 g/mol. The van der Waals surface area contributed by atoms with Crippen molar-refractivity contribution in [2.45, 2.75) is 6.92 Å². The predicted octanol–water partition coefficient (Wildman–Crippen LogP) is 0.405. The molecule has 2 N–H and O–H groups in total. The Morgan fingerprint density at radius 2 is 2.00 bits per heavy atom. The molecule has 1 aromatic rings. The molecule has 0 spiro atoms. The maximum Gasteiger partial charge on any atom is 0.222 e. The van der Waals surface area contributed by atoms with E-state index in [1.165, 1.54) is 0 Å². The molecular weight excluding hydrogens is 254 g/mol. The normalized spacial score (nSPS) is 10.6. The fraction of sp³-hybridized carbons (Fsp3) is 0.636. The number of nitrogens with two attached hydrogens (primary N) is 1. The van der Waals surface area contributed by atoms with Gasteiger partial charge in [-0.2, -0.15) is 5.10 Å². The molecule has 0 aliphatic rings. The van der Waals surface area contributed by atoms with E-state index in [2.05, 4.69) is 5.10 Å². The number of hydrogen-bond donors (Lipinski definition) is 1. The Balaban J connectivity index is 2.49. The lowest BCUT2D eigenvalue weighted by molar-refractivity contribution is 0.0529. The van der Waals surface area contributed by atoms with Gasteiger partial charge in [0.1, 0.15) is 11.6 Å². The van der Waals surface area contributed by atoms with Crippen LogP contribution in [0, 0.1) is 6.92 Å². The molecule has 0 bridgehead atoms. The highest BCUT2D eigenvalue weighted by Crippen LogP contribution is 2.20. The largest absolute Gasteiger partial charge is 0.475 e. The lowest BCUT2D eigenvalue weighted by Crippen LogP contribution is -2.15. The zero-order chi connectivity index (χ0) is 13.5. The molecule has 18 heavy (non-hydrogen) atoms. The van der Waals surface area contributed by atoms with Crippen molar-refractivity contribution in [3.8, 4) is 5.88 Å². The number of ether oxygens (including phenoxy) is 3. The van der Waals surface area contributed by atoms with E-state index in [0.717, 1.165) is 5.69 Å². The van der Waals surface area contributed by atoms with Crippen LogP contribution in [-0.4, -0.2) is 48.3 Å². The molecule has 1 heterocycles. The van der Waals surface area contributed by atoms with Crippen LogP contribution in [0.25, 0.3) is 0 Å². The van der Waals surface area contributed by atoms with Crippen LogP contribution in [0.1, 0.15) is 11.3 Å². The molecule has 0 aliphatic carbocycles. The molecule has 0 amide bonds. The summed E-state index contributed by atoms with van der Waals surface area (Å²) >= 11 is 4.98. The van der Waals surface area contributed by atoms with Gasteiger partial charge in [0.25, 0.3) is 0 Å². The highest BCUT2D eigenvalue weighted by molar-refractivity contribution is 7.80. The molecule has 0 radical (unpaired) electrons. The summed E-state index contributed by atoms with van der Waals surface area (Å²) in [6, 6.07) is 0. The van der Waals surface area contributed by atoms with Gasteiger partial charge in [-0.25, -0.2) is 4.68 Å². The molecule has 0 aromatic carbocycles. The number of methoxy groups -OCH3 is 1. The summed E-state index contributed by atoms with van der Waals surface area (Å²) in [6.45, 7) is 3.86. The molecule has 1 rings (SSSR count). The fourth-order valence-corrected chi connectivity index (χ4v) is 1.76. The van der Waals surface area contributed by atoms with Crippen LogP contribution in [-0.2, 0) is 16.5 Å². The summed E-state index contributed by atoms with van der Waals surface area (Å²) in [6.07, 6.45) is 0. The molecule has 0 unspecified atom stereocenters. The highest BCUT2D eigenvalue weighted by atomic mass is 32.1. The van der Waals surface area contributed by atoms with Gasteiger partial charge in [0.2, 0.25) is 5.88 Å².